The molecule has 0 amide bonds. The van der Waals surface area contributed by atoms with Gasteiger partial charge in [0.25, 0.3) is 0 Å². The number of hydrogen-bond acceptors (Lipinski definition) is 5. The molecule has 1 aromatic rings. The highest BCUT2D eigenvalue weighted by atomic mass is 32.2. The first kappa shape index (κ1) is 20.4. The minimum Gasteiger partial charge on any atom is -0.494 e. The van der Waals surface area contributed by atoms with E-state index in [1.165, 1.54) is 0 Å². The Balaban J connectivity index is 2.46. The fourth-order valence-electron chi connectivity index (χ4n) is 2.19. The summed E-state index contributed by atoms with van der Waals surface area (Å²) in [5.74, 6) is -0.501. The van der Waals surface area contributed by atoms with E-state index in [0.29, 0.717) is 24.5 Å². The van der Waals surface area contributed by atoms with Crippen molar-refractivity contribution < 1.29 is 23.1 Å². The van der Waals surface area contributed by atoms with Gasteiger partial charge in [-0.3, -0.25) is 4.79 Å². The number of carboxylic acids is 1. The summed E-state index contributed by atoms with van der Waals surface area (Å²) in [6.07, 6.45) is 5.17. The minimum atomic E-state index is -3.58. The molecule has 136 valence electrons. The summed E-state index contributed by atoms with van der Waals surface area (Å²) in [7, 11) is -3.58. The number of rotatable bonds is 12. The Morgan fingerprint density at radius 2 is 1.83 bits per heavy atom. The molecule has 0 fully saturated rings. The largest absolute Gasteiger partial charge is 0.494 e. The fraction of sp³-hybridized carbons (Fsp3) is 0.562. The SMILES string of the molecule is CS(=O)(=O)N[C@@H](Cc1ccc(OCCCCCCN)cc1)C(=O)O. The number of unbranched alkanes of at least 4 members (excludes halogenated alkanes) is 3. The van der Waals surface area contributed by atoms with Crippen molar-refractivity contribution in [2.45, 2.75) is 38.1 Å². The van der Waals surface area contributed by atoms with Crippen LogP contribution in [0.3, 0.4) is 0 Å². The van der Waals surface area contributed by atoms with Crippen LogP contribution in [0.1, 0.15) is 31.2 Å². The van der Waals surface area contributed by atoms with E-state index < -0.39 is 22.0 Å². The zero-order valence-corrected chi connectivity index (χ0v) is 14.7. The lowest BCUT2D eigenvalue weighted by Gasteiger charge is -2.13. The third-order valence-electron chi connectivity index (χ3n) is 3.38. The minimum absolute atomic E-state index is 0.0712. The van der Waals surface area contributed by atoms with Gasteiger partial charge in [0.2, 0.25) is 10.0 Å². The topological polar surface area (TPSA) is 119 Å². The Morgan fingerprint density at radius 3 is 2.38 bits per heavy atom. The maximum Gasteiger partial charge on any atom is 0.322 e. The first-order chi connectivity index (χ1) is 11.3. The number of sulfonamides is 1. The van der Waals surface area contributed by atoms with Crippen molar-refractivity contribution in [2.75, 3.05) is 19.4 Å². The lowest BCUT2D eigenvalue weighted by atomic mass is 10.1. The van der Waals surface area contributed by atoms with Gasteiger partial charge < -0.3 is 15.6 Å². The number of aliphatic carboxylic acids is 1. The van der Waals surface area contributed by atoms with Gasteiger partial charge in [-0.2, -0.15) is 0 Å². The summed E-state index contributed by atoms with van der Waals surface area (Å²) >= 11 is 0. The molecule has 0 heterocycles. The van der Waals surface area contributed by atoms with Crippen molar-refractivity contribution in [1.82, 2.24) is 4.72 Å². The summed E-state index contributed by atoms with van der Waals surface area (Å²) in [4.78, 5) is 11.1. The predicted octanol–water partition coefficient (Wildman–Crippen LogP) is 1.13. The number of carbonyl (C=O) groups is 1. The monoisotopic (exact) mass is 358 g/mol. The third-order valence-corrected chi connectivity index (χ3v) is 4.10. The van der Waals surface area contributed by atoms with Gasteiger partial charge in [-0.05, 0) is 43.5 Å². The molecule has 0 bridgehead atoms. The van der Waals surface area contributed by atoms with E-state index in [0.717, 1.165) is 31.9 Å². The summed E-state index contributed by atoms with van der Waals surface area (Å²) in [5.41, 5.74) is 6.15. The Kier molecular flexibility index (Phi) is 8.73. The summed E-state index contributed by atoms with van der Waals surface area (Å²) in [5, 5.41) is 9.10. The van der Waals surface area contributed by atoms with E-state index >= 15 is 0 Å². The number of hydrogen-bond donors (Lipinski definition) is 3. The van der Waals surface area contributed by atoms with Crippen molar-refractivity contribution in [1.29, 1.82) is 0 Å². The average Bonchev–Trinajstić information content (AvgIpc) is 2.50. The van der Waals surface area contributed by atoms with Crippen LogP contribution in [0.4, 0.5) is 0 Å². The second-order valence-corrected chi connectivity index (χ2v) is 7.46. The number of ether oxygens (including phenoxy) is 1. The highest BCUT2D eigenvalue weighted by Gasteiger charge is 2.21. The fourth-order valence-corrected chi connectivity index (χ4v) is 2.89. The van der Waals surface area contributed by atoms with Crippen molar-refractivity contribution in [3.05, 3.63) is 29.8 Å². The second-order valence-electron chi connectivity index (χ2n) is 5.68. The average molecular weight is 358 g/mol. The quantitative estimate of drug-likeness (QED) is 0.482. The number of nitrogens with one attached hydrogen (secondary N) is 1. The van der Waals surface area contributed by atoms with Gasteiger partial charge in [0.15, 0.2) is 0 Å². The lowest BCUT2D eigenvalue weighted by molar-refractivity contribution is -0.138. The van der Waals surface area contributed by atoms with Crippen molar-refractivity contribution in [2.24, 2.45) is 5.73 Å². The second kappa shape index (κ2) is 10.3. The molecule has 4 N–H and O–H groups in total. The molecule has 0 saturated heterocycles. The molecule has 7 nitrogen and oxygen atoms in total. The van der Waals surface area contributed by atoms with E-state index in [9.17, 15) is 13.2 Å². The Hall–Kier alpha value is -1.64. The van der Waals surface area contributed by atoms with Gasteiger partial charge in [-0.15, -0.1) is 0 Å². The molecule has 0 aromatic heterocycles. The maximum atomic E-state index is 11.2. The highest BCUT2D eigenvalue weighted by molar-refractivity contribution is 7.88. The van der Waals surface area contributed by atoms with Crippen LogP contribution in [0.5, 0.6) is 5.75 Å². The first-order valence-corrected chi connectivity index (χ1v) is 9.83. The smallest absolute Gasteiger partial charge is 0.322 e. The van der Waals surface area contributed by atoms with E-state index in [4.69, 9.17) is 15.6 Å². The van der Waals surface area contributed by atoms with Gasteiger partial charge in [-0.1, -0.05) is 25.0 Å². The number of carboxylic acid groups (broad SMARTS) is 1. The van der Waals surface area contributed by atoms with Crippen LogP contribution in [0.25, 0.3) is 0 Å². The van der Waals surface area contributed by atoms with Crippen LogP contribution in [-0.4, -0.2) is 44.9 Å². The summed E-state index contributed by atoms with van der Waals surface area (Å²) in [6, 6.07) is 5.81. The van der Waals surface area contributed by atoms with E-state index in [1.807, 2.05) is 0 Å². The van der Waals surface area contributed by atoms with Crippen LogP contribution >= 0.6 is 0 Å². The molecule has 1 rings (SSSR count). The molecule has 0 aliphatic carbocycles. The lowest BCUT2D eigenvalue weighted by Crippen LogP contribution is -2.41. The van der Waals surface area contributed by atoms with Crippen LogP contribution < -0.4 is 15.2 Å². The van der Waals surface area contributed by atoms with Crippen LogP contribution in [-0.2, 0) is 21.2 Å². The molecule has 0 aliphatic heterocycles. The molecule has 8 heteroatoms. The standard InChI is InChI=1S/C16H26N2O5S/c1-24(21,22)18-15(16(19)20)12-13-6-8-14(9-7-13)23-11-5-3-2-4-10-17/h6-9,15,18H,2-5,10-12,17H2,1H3,(H,19,20)/t15-/m0/s1. The Morgan fingerprint density at radius 1 is 1.21 bits per heavy atom. The van der Waals surface area contributed by atoms with Gasteiger partial charge in [0.05, 0.1) is 12.9 Å². The first-order valence-electron chi connectivity index (χ1n) is 7.94. The van der Waals surface area contributed by atoms with Crippen LogP contribution in [0, 0.1) is 0 Å². The summed E-state index contributed by atoms with van der Waals surface area (Å²) < 4.78 is 30.1. The van der Waals surface area contributed by atoms with Crippen molar-refractivity contribution in [3.8, 4) is 5.75 Å². The molecule has 1 aromatic carbocycles. The third kappa shape index (κ3) is 8.85. The Labute approximate surface area is 143 Å². The zero-order chi connectivity index (χ0) is 18.0. The predicted molar refractivity (Wildman–Crippen MR) is 92.6 cm³/mol. The molecular formula is C16H26N2O5S. The molecule has 1 atom stereocenters. The summed E-state index contributed by atoms with van der Waals surface area (Å²) in [6.45, 7) is 1.34. The molecule has 24 heavy (non-hydrogen) atoms. The molecule has 0 radical (unpaired) electrons. The van der Waals surface area contributed by atoms with Crippen LogP contribution in [0.15, 0.2) is 24.3 Å². The van der Waals surface area contributed by atoms with Gasteiger partial charge >= 0.3 is 5.97 Å². The van der Waals surface area contributed by atoms with Crippen molar-refractivity contribution in [3.63, 3.8) is 0 Å². The number of benzene rings is 1. The molecule has 0 unspecified atom stereocenters. The Bertz CT molecular complexity index is 601. The molecule has 0 saturated carbocycles. The van der Waals surface area contributed by atoms with Crippen molar-refractivity contribution >= 4 is 16.0 Å². The van der Waals surface area contributed by atoms with Gasteiger partial charge in [-0.25, -0.2) is 13.1 Å². The molecular weight excluding hydrogens is 332 g/mol. The van der Waals surface area contributed by atoms with Crippen LogP contribution in [0.2, 0.25) is 0 Å². The van der Waals surface area contributed by atoms with Gasteiger partial charge in [0.1, 0.15) is 11.8 Å². The maximum absolute atomic E-state index is 11.2. The van der Waals surface area contributed by atoms with E-state index in [-0.39, 0.29) is 6.42 Å². The van der Waals surface area contributed by atoms with Gasteiger partial charge in [0, 0.05) is 0 Å². The zero-order valence-electron chi connectivity index (χ0n) is 13.9. The highest BCUT2D eigenvalue weighted by Crippen LogP contribution is 2.14. The van der Waals surface area contributed by atoms with E-state index in [2.05, 4.69) is 4.72 Å². The molecule has 0 spiro atoms. The normalized spacial score (nSPS) is 12.8. The van der Waals surface area contributed by atoms with E-state index in [1.54, 1.807) is 24.3 Å². The molecule has 0 aliphatic rings. The number of nitrogens with two attached hydrogens (primary N) is 1.